The van der Waals surface area contributed by atoms with Gasteiger partial charge in [-0.25, -0.2) is 4.58 Å². The van der Waals surface area contributed by atoms with Gasteiger partial charge in [-0.15, -0.1) is 0 Å². The van der Waals surface area contributed by atoms with Gasteiger partial charge >= 0.3 is 12.5 Å². The fourth-order valence-corrected chi connectivity index (χ4v) is 2.44. The maximum Gasteiger partial charge on any atom is 0.461 e. The lowest BCUT2D eigenvalue weighted by atomic mass is 10.1. The van der Waals surface area contributed by atoms with Crippen LogP contribution in [-0.4, -0.2) is 22.9 Å². The predicted octanol–water partition coefficient (Wildman–Crippen LogP) is 3.49. The van der Waals surface area contributed by atoms with Gasteiger partial charge < -0.3 is 4.74 Å². The number of rotatable bonds is 4. The second-order valence-corrected chi connectivity index (χ2v) is 5.09. The molecule has 2 aromatic carbocycles. The van der Waals surface area contributed by atoms with Crippen molar-refractivity contribution in [2.45, 2.75) is 19.1 Å². The summed E-state index contributed by atoms with van der Waals surface area (Å²) in [4.78, 5) is 0. The number of halogens is 4. The van der Waals surface area contributed by atoms with Crippen molar-refractivity contribution in [1.82, 2.24) is 0 Å². The van der Waals surface area contributed by atoms with Crippen LogP contribution in [-0.2, 0) is 6.54 Å². The third kappa shape index (κ3) is 2.86. The molecule has 0 unspecified atom stereocenters. The molecular weight excluding hydrogens is 312 g/mol. The molecule has 3 nitrogen and oxygen atoms in total. The first kappa shape index (κ1) is 15.3. The molecule has 0 aliphatic carbocycles. The summed E-state index contributed by atoms with van der Waals surface area (Å²) in [6.45, 7) is 0.551. The lowest BCUT2D eigenvalue weighted by Crippen LogP contribution is -2.33. The Morgan fingerprint density at radius 2 is 1.70 bits per heavy atom. The van der Waals surface area contributed by atoms with Crippen LogP contribution in [0.5, 0.6) is 5.75 Å². The van der Waals surface area contributed by atoms with Crippen molar-refractivity contribution in [2.75, 3.05) is 0 Å². The molecule has 3 rings (SSSR count). The minimum atomic E-state index is -4.52. The van der Waals surface area contributed by atoms with Crippen LogP contribution < -0.4 is 10.5 Å². The Morgan fingerprint density at radius 3 is 2.30 bits per heavy atom. The summed E-state index contributed by atoms with van der Waals surface area (Å²) in [5, 5.41) is 0. The van der Waals surface area contributed by atoms with Gasteiger partial charge in [-0.2, -0.15) is 17.6 Å². The number of hydrogen-bond acceptors (Lipinski definition) is 2. The molecule has 7 heteroatoms. The molecule has 2 aromatic rings. The third-order valence-electron chi connectivity index (χ3n) is 3.57. The fourth-order valence-electron chi connectivity index (χ4n) is 2.44. The highest BCUT2D eigenvalue weighted by Gasteiger charge is 2.44. The Hall–Kier alpha value is -2.57. The third-order valence-corrected chi connectivity index (χ3v) is 3.57. The first-order valence-electron chi connectivity index (χ1n) is 6.82. The van der Waals surface area contributed by atoms with E-state index in [9.17, 15) is 17.6 Å². The van der Waals surface area contributed by atoms with E-state index in [0.717, 1.165) is 11.1 Å². The van der Waals surface area contributed by atoms with E-state index in [0.29, 0.717) is 18.1 Å². The Morgan fingerprint density at radius 1 is 1.04 bits per heavy atom. The summed E-state index contributed by atoms with van der Waals surface area (Å²) in [5.41, 5.74) is 8.72. The Balaban J connectivity index is 1.83. The molecule has 0 amide bonds. The lowest BCUT2D eigenvalue weighted by Gasteiger charge is -2.16. The number of ether oxygens (including phenoxy) is 1. The summed E-state index contributed by atoms with van der Waals surface area (Å²) < 4.78 is 55.8. The summed E-state index contributed by atoms with van der Waals surface area (Å²) in [5.74, 6) is 0.210. The zero-order chi connectivity index (χ0) is 16.6. The monoisotopic (exact) mass is 325 g/mol. The van der Waals surface area contributed by atoms with Gasteiger partial charge in [0.05, 0.1) is 5.56 Å². The van der Waals surface area contributed by atoms with Crippen LogP contribution in [0.15, 0.2) is 48.5 Å². The van der Waals surface area contributed by atoms with E-state index in [4.69, 9.17) is 5.73 Å². The van der Waals surface area contributed by atoms with Crippen LogP contribution in [0, 0.1) is 0 Å². The molecule has 0 saturated heterocycles. The van der Waals surface area contributed by atoms with Gasteiger partial charge in [-0.05, 0) is 30.3 Å². The van der Waals surface area contributed by atoms with Gasteiger partial charge in [0.2, 0.25) is 0 Å². The topological polar surface area (TPSA) is 38.3 Å². The van der Waals surface area contributed by atoms with Gasteiger partial charge in [-0.1, -0.05) is 18.2 Å². The highest BCUT2D eigenvalue weighted by atomic mass is 19.3. The van der Waals surface area contributed by atoms with Crippen LogP contribution >= 0.6 is 0 Å². The Kier molecular flexibility index (Phi) is 3.71. The number of hydrogen-bond donors (Lipinski definition) is 1. The van der Waals surface area contributed by atoms with E-state index in [-0.39, 0.29) is 5.75 Å². The predicted molar refractivity (Wildman–Crippen MR) is 76.4 cm³/mol. The Labute approximate surface area is 129 Å². The van der Waals surface area contributed by atoms with Crippen molar-refractivity contribution in [1.29, 1.82) is 0 Å². The van der Waals surface area contributed by atoms with Crippen LogP contribution in [0.2, 0.25) is 0 Å². The number of benzene rings is 2. The van der Waals surface area contributed by atoms with Gasteiger partial charge in [0.15, 0.2) is 0 Å². The number of alkyl halides is 4. The molecule has 2 N–H and O–H groups in total. The highest BCUT2D eigenvalue weighted by Crippen LogP contribution is 2.30. The van der Waals surface area contributed by atoms with Crippen molar-refractivity contribution in [3.63, 3.8) is 0 Å². The quantitative estimate of drug-likeness (QED) is 0.690. The Bertz CT molecular complexity index is 757. The van der Waals surface area contributed by atoms with Gasteiger partial charge in [0.25, 0.3) is 5.84 Å². The molecule has 1 aliphatic rings. The number of nitrogens with zero attached hydrogens (tertiary/aromatic N) is 1. The normalized spacial score (nSPS) is 14.3. The van der Waals surface area contributed by atoms with Crippen LogP contribution in [0.4, 0.5) is 23.2 Å². The van der Waals surface area contributed by atoms with Crippen molar-refractivity contribution < 1.29 is 26.9 Å². The minimum absolute atomic E-state index is 0.339. The second kappa shape index (κ2) is 5.57. The second-order valence-electron chi connectivity index (χ2n) is 5.09. The summed E-state index contributed by atoms with van der Waals surface area (Å²) in [6, 6.07) is 13.0. The molecule has 120 valence electrons. The molecular formula is C16H13F4N2O+. The first-order valence-corrected chi connectivity index (χ1v) is 6.82. The van der Waals surface area contributed by atoms with Crippen LogP contribution in [0.25, 0.3) is 0 Å². The van der Waals surface area contributed by atoms with E-state index < -0.39 is 12.5 Å². The van der Waals surface area contributed by atoms with Gasteiger partial charge in [0, 0.05) is 5.56 Å². The lowest BCUT2D eigenvalue weighted by molar-refractivity contribution is -0.453. The summed E-state index contributed by atoms with van der Waals surface area (Å²) in [6.07, 6.45) is -8.41. The maximum absolute atomic E-state index is 12.9. The zero-order valence-electron chi connectivity index (χ0n) is 11.8. The molecule has 0 radical (unpaired) electrons. The molecule has 1 heterocycles. The molecule has 0 spiro atoms. The van der Waals surface area contributed by atoms with Crippen LogP contribution in [0.1, 0.15) is 11.1 Å². The molecule has 0 bridgehead atoms. The molecule has 0 aromatic heterocycles. The average molecular weight is 325 g/mol. The van der Waals surface area contributed by atoms with E-state index >= 15 is 0 Å². The number of fused-ring (bicyclic) bond motifs is 1. The number of amidine groups is 1. The van der Waals surface area contributed by atoms with Crippen molar-refractivity contribution >= 4 is 11.5 Å². The summed E-state index contributed by atoms with van der Waals surface area (Å²) in [7, 11) is 0. The maximum atomic E-state index is 12.9. The standard InChI is InChI=1S/C16H12F4N2O/c17-15(18)16(19,20)23-12-7-5-11(6-8-12)22-9-10-3-1-2-4-13(10)14(22)21/h1-8,15,21H,9H2/p+1. The van der Waals surface area contributed by atoms with E-state index in [2.05, 4.69) is 4.74 Å². The van der Waals surface area contributed by atoms with Crippen LogP contribution in [0.3, 0.4) is 0 Å². The molecule has 1 aliphatic heterocycles. The van der Waals surface area contributed by atoms with Crippen molar-refractivity contribution in [3.05, 3.63) is 59.7 Å². The van der Waals surface area contributed by atoms with Gasteiger partial charge in [-0.3, -0.25) is 5.73 Å². The zero-order valence-corrected chi connectivity index (χ0v) is 11.8. The average Bonchev–Trinajstić information content (AvgIpc) is 2.85. The van der Waals surface area contributed by atoms with E-state index in [1.54, 1.807) is 4.58 Å². The largest absolute Gasteiger partial charge is 0.461 e. The smallest absolute Gasteiger partial charge is 0.428 e. The van der Waals surface area contributed by atoms with Crippen molar-refractivity contribution in [2.24, 2.45) is 5.73 Å². The molecule has 0 fully saturated rings. The van der Waals surface area contributed by atoms with Gasteiger partial charge in [0.1, 0.15) is 18.0 Å². The molecule has 0 saturated carbocycles. The SMILES string of the molecule is NC1=[N+](c2ccc(OC(F)(F)C(F)F)cc2)Cc2ccccc21. The number of nitrogens with two attached hydrogens (primary N) is 1. The first-order chi connectivity index (χ1) is 10.9. The van der Waals surface area contributed by atoms with E-state index in [1.165, 1.54) is 24.3 Å². The highest BCUT2D eigenvalue weighted by molar-refractivity contribution is 5.97. The van der Waals surface area contributed by atoms with Crippen molar-refractivity contribution in [3.8, 4) is 5.75 Å². The molecule has 23 heavy (non-hydrogen) atoms. The molecule has 0 atom stereocenters. The fraction of sp³-hybridized carbons (Fsp3) is 0.188. The van der Waals surface area contributed by atoms with E-state index in [1.807, 2.05) is 24.3 Å². The minimum Gasteiger partial charge on any atom is -0.428 e. The summed E-state index contributed by atoms with van der Waals surface area (Å²) >= 11 is 0.